The summed E-state index contributed by atoms with van der Waals surface area (Å²) in [6.45, 7) is 9.93. The zero-order valence-electron chi connectivity index (χ0n) is 16.1. The minimum atomic E-state index is 0.353. The molecule has 0 amide bonds. The van der Waals surface area contributed by atoms with Crippen molar-refractivity contribution in [3.63, 3.8) is 0 Å². The van der Waals surface area contributed by atoms with E-state index in [1.807, 2.05) is 25.2 Å². The number of hydrogen-bond donors (Lipinski definition) is 2. The van der Waals surface area contributed by atoms with Gasteiger partial charge in [0.2, 0.25) is 0 Å². The van der Waals surface area contributed by atoms with Gasteiger partial charge in [-0.25, -0.2) is 0 Å². The monoisotopic (exact) mass is 347 g/mol. The summed E-state index contributed by atoms with van der Waals surface area (Å²) in [6.07, 6.45) is 1.17. The SMILES string of the molecule is CCC(C)N(C)CCNC(=NC)N1CCN(c2ccccc2O)CC1. The Morgan fingerprint density at radius 2 is 1.96 bits per heavy atom. The number of phenolic OH excluding ortho intramolecular Hbond substituents is 1. The highest BCUT2D eigenvalue weighted by molar-refractivity contribution is 5.80. The molecule has 2 N–H and O–H groups in total. The molecule has 6 nitrogen and oxygen atoms in total. The van der Waals surface area contributed by atoms with Crippen molar-refractivity contribution in [2.45, 2.75) is 26.3 Å². The van der Waals surface area contributed by atoms with E-state index >= 15 is 0 Å². The normalized spacial score (nSPS) is 17.1. The number of aromatic hydroxyl groups is 1. The van der Waals surface area contributed by atoms with E-state index in [1.54, 1.807) is 6.07 Å². The van der Waals surface area contributed by atoms with Crippen molar-refractivity contribution in [1.29, 1.82) is 0 Å². The highest BCUT2D eigenvalue weighted by Crippen LogP contribution is 2.27. The summed E-state index contributed by atoms with van der Waals surface area (Å²) < 4.78 is 0. The number of phenols is 1. The zero-order valence-corrected chi connectivity index (χ0v) is 16.1. The Hall–Kier alpha value is -1.95. The lowest BCUT2D eigenvalue weighted by Gasteiger charge is -2.38. The number of para-hydroxylation sites is 2. The van der Waals surface area contributed by atoms with Crippen LogP contribution in [0.2, 0.25) is 0 Å². The van der Waals surface area contributed by atoms with Crippen molar-refractivity contribution >= 4 is 11.6 Å². The molecule has 1 fully saturated rings. The van der Waals surface area contributed by atoms with Gasteiger partial charge in [0, 0.05) is 52.4 Å². The van der Waals surface area contributed by atoms with Gasteiger partial charge >= 0.3 is 0 Å². The van der Waals surface area contributed by atoms with Crippen LogP contribution in [0.5, 0.6) is 5.75 Å². The van der Waals surface area contributed by atoms with Crippen molar-refractivity contribution in [1.82, 2.24) is 15.1 Å². The van der Waals surface area contributed by atoms with E-state index < -0.39 is 0 Å². The first kappa shape index (κ1) is 19.4. The quantitative estimate of drug-likeness (QED) is 0.607. The molecule has 140 valence electrons. The number of anilines is 1. The molecule has 1 unspecified atom stereocenters. The smallest absolute Gasteiger partial charge is 0.193 e. The molecule has 0 aliphatic carbocycles. The second kappa shape index (κ2) is 9.51. The highest BCUT2D eigenvalue weighted by atomic mass is 16.3. The topological polar surface area (TPSA) is 54.3 Å². The molecular weight excluding hydrogens is 314 g/mol. The maximum Gasteiger partial charge on any atom is 0.193 e. The number of rotatable bonds is 6. The van der Waals surface area contributed by atoms with Crippen LogP contribution in [-0.2, 0) is 0 Å². The molecule has 1 atom stereocenters. The zero-order chi connectivity index (χ0) is 18.2. The molecule has 0 bridgehead atoms. The summed E-state index contributed by atoms with van der Waals surface area (Å²) in [6, 6.07) is 8.15. The fourth-order valence-electron chi connectivity index (χ4n) is 3.10. The minimum Gasteiger partial charge on any atom is -0.506 e. The molecule has 1 aromatic carbocycles. The molecule has 0 spiro atoms. The summed E-state index contributed by atoms with van der Waals surface area (Å²) in [5.74, 6) is 1.32. The maximum atomic E-state index is 10.0. The molecule has 6 heteroatoms. The highest BCUT2D eigenvalue weighted by Gasteiger charge is 2.21. The predicted molar refractivity (Wildman–Crippen MR) is 106 cm³/mol. The Balaban J connectivity index is 1.81. The largest absolute Gasteiger partial charge is 0.506 e. The van der Waals surface area contributed by atoms with E-state index in [4.69, 9.17) is 0 Å². The van der Waals surface area contributed by atoms with Crippen molar-refractivity contribution in [3.8, 4) is 5.75 Å². The lowest BCUT2D eigenvalue weighted by Crippen LogP contribution is -2.53. The molecule has 25 heavy (non-hydrogen) atoms. The van der Waals surface area contributed by atoms with Crippen LogP contribution in [-0.4, -0.2) is 80.3 Å². The lowest BCUT2D eigenvalue weighted by atomic mass is 10.2. The molecule has 1 aromatic rings. The van der Waals surface area contributed by atoms with Crippen molar-refractivity contribution in [3.05, 3.63) is 24.3 Å². The molecule has 1 aliphatic heterocycles. The van der Waals surface area contributed by atoms with Crippen LogP contribution in [0, 0.1) is 0 Å². The number of benzene rings is 1. The van der Waals surface area contributed by atoms with Crippen molar-refractivity contribution < 1.29 is 5.11 Å². The van der Waals surface area contributed by atoms with E-state index in [0.29, 0.717) is 11.8 Å². The number of nitrogens with zero attached hydrogens (tertiary/aromatic N) is 4. The van der Waals surface area contributed by atoms with Gasteiger partial charge in [-0.2, -0.15) is 0 Å². The van der Waals surface area contributed by atoms with Crippen molar-refractivity contribution in [2.75, 3.05) is 58.3 Å². The van der Waals surface area contributed by atoms with E-state index in [0.717, 1.165) is 50.9 Å². The number of hydrogen-bond acceptors (Lipinski definition) is 4. The molecule has 1 heterocycles. The average Bonchev–Trinajstić information content (AvgIpc) is 2.65. The summed E-state index contributed by atoms with van der Waals surface area (Å²) in [7, 11) is 4.01. The summed E-state index contributed by atoms with van der Waals surface area (Å²) in [5.41, 5.74) is 0.917. The van der Waals surface area contributed by atoms with Crippen LogP contribution in [0.4, 0.5) is 5.69 Å². The second-order valence-corrected chi connectivity index (χ2v) is 6.67. The number of guanidine groups is 1. The van der Waals surface area contributed by atoms with E-state index in [2.05, 4.69) is 45.9 Å². The van der Waals surface area contributed by atoms with E-state index in [1.165, 1.54) is 6.42 Å². The third-order valence-electron chi connectivity index (χ3n) is 5.10. The predicted octanol–water partition coefficient (Wildman–Crippen LogP) is 1.82. The summed E-state index contributed by atoms with van der Waals surface area (Å²) in [4.78, 5) is 11.3. The summed E-state index contributed by atoms with van der Waals surface area (Å²) >= 11 is 0. The van der Waals surface area contributed by atoms with E-state index in [9.17, 15) is 5.11 Å². The van der Waals surface area contributed by atoms with Gasteiger partial charge in [-0.1, -0.05) is 19.1 Å². The fraction of sp³-hybridized carbons (Fsp3) is 0.632. The van der Waals surface area contributed by atoms with Gasteiger partial charge in [0.1, 0.15) is 5.75 Å². The van der Waals surface area contributed by atoms with Gasteiger partial charge in [-0.15, -0.1) is 0 Å². The second-order valence-electron chi connectivity index (χ2n) is 6.67. The van der Waals surface area contributed by atoms with Crippen LogP contribution >= 0.6 is 0 Å². The molecular formula is C19H33N5O. The minimum absolute atomic E-state index is 0.353. The van der Waals surface area contributed by atoms with Crippen LogP contribution in [0.3, 0.4) is 0 Å². The average molecular weight is 348 g/mol. The lowest BCUT2D eigenvalue weighted by molar-refractivity contribution is 0.254. The Morgan fingerprint density at radius 1 is 1.28 bits per heavy atom. The molecule has 2 rings (SSSR count). The molecule has 0 saturated carbocycles. The van der Waals surface area contributed by atoms with Crippen LogP contribution < -0.4 is 10.2 Å². The third-order valence-corrected chi connectivity index (χ3v) is 5.10. The fourth-order valence-corrected chi connectivity index (χ4v) is 3.10. The van der Waals surface area contributed by atoms with Gasteiger partial charge in [0.25, 0.3) is 0 Å². The molecule has 1 aliphatic rings. The van der Waals surface area contributed by atoms with Crippen LogP contribution in [0.25, 0.3) is 0 Å². The van der Waals surface area contributed by atoms with Crippen molar-refractivity contribution in [2.24, 2.45) is 4.99 Å². The molecule has 0 aromatic heterocycles. The maximum absolute atomic E-state index is 10.0. The van der Waals surface area contributed by atoms with Gasteiger partial charge in [-0.05, 0) is 32.5 Å². The van der Waals surface area contributed by atoms with E-state index in [-0.39, 0.29) is 0 Å². The Bertz CT molecular complexity index is 555. The first-order chi connectivity index (χ1) is 12.1. The third kappa shape index (κ3) is 5.26. The number of aliphatic imine (C=N–C) groups is 1. The van der Waals surface area contributed by atoms with Crippen LogP contribution in [0.1, 0.15) is 20.3 Å². The molecule has 0 radical (unpaired) electrons. The molecule has 1 saturated heterocycles. The number of nitrogens with one attached hydrogen (secondary N) is 1. The van der Waals surface area contributed by atoms with Gasteiger partial charge < -0.3 is 25.1 Å². The first-order valence-corrected chi connectivity index (χ1v) is 9.25. The van der Waals surface area contributed by atoms with Gasteiger partial charge in [-0.3, -0.25) is 4.99 Å². The Kier molecular flexibility index (Phi) is 7.37. The van der Waals surface area contributed by atoms with Crippen LogP contribution in [0.15, 0.2) is 29.3 Å². The number of piperazine rings is 1. The number of likely N-dealkylation sites (N-methyl/N-ethyl adjacent to an activating group) is 1. The van der Waals surface area contributed by atoms with Gasteiger partial charge in [0.15, 0.2) is 5.96 Å². The summed E-state index contributed by atoms with van der Waals surface area (Å²) in [5, 5.41) is 13.5. The first-order valence-electron chi connectivity index (χ1n) is 9.25. The Morgan fingerprint density at radius 3 is 2.56 bits per heavy atom. The van der Waals surface area contributed by atoms with Gasteiger partial charge in [0.05, 0.1) is 5.69 Å². The standard InChI is InChI=1S/C19H33N5O/c1-5-16(2)22(4)11-10-21-19(20-3)24-14-12-23(13-15-24)17-8-6-7-9-18(17)25/h6-9,16,25H,5,10-15H2,1-4H3,(H,20,21). The Labute approximate surface area is 152 Å².